The fraction of sp³-hybridized carbons (Fsp3) is 0. The SMILES string of the molecule is O=[N+]([O-])c1cc(S)cc(S)c1. The Morgan fingerprint density at radius 2 is 1.64 bits per heavy atom. The lowest BCUT2D eigenvalue weighted by molar-refractivity contribution is -0.385. The largest absolute Gasteiger partial charge is 0.271 e. The highest BCUT2D eigenvalue weighted by Crippen LogP contribution is 2.21. The van der Waals surface area contributed by atoms with Gasteiger partial charge in [-0.05, 0) is 6.07 Å². The zero-order valence-corrected chi connectivity index (χ0v) is 7.18. The summed E-state index contributed by atoms with van der Waals surface area (Å²) < 4.78 is 0. The second-order valence-electron chi connectivity index (χ2n) is 1.96. The van der Waals surface area contributed by atoms with E-state index in [4.69, 9.17) is 0 Å². The normalized spacial score (nSPS) is 9.64. The van der Waals surface area contributed by atoms with Crippen LogP contribution >= 0.6 is 25.3 Å². The molecule has 0 saturated heterocycles. The molecule has 0 spiro atoms. The Balaban J connectivity index is 3.19. The Morgan fingerprint density at radius 3 is 2.00 bits per heavy atom. The number of rotatable bonds is 1. The van der Waals surface area contributed by atoms with E-state index in [-0.39, 0.29) is 5.69 Å². The molecule has 11 heavy (non-hydrogen) atoms. The summed E-state index contributed by atoms with van der Waals surface area (Å²) in [6, 6.07) is 4.39. The minimum atomic E-state index is -0.473. The third-order valence-electron chi connectivity index (χ3n) is 1.10. The Morgan fingerprint density at radius 1 is 1.18 bits per heavy atom. The number of nitrogens with zero attached hydrogens (tertiary/aromatic N) is 1. The van der Waals surface area contributed by atoms with Gasteiger partial charge in [-0.2, -0.15) is 0 Å². The number of nitro groups is 1. The lowest BCUT2D eigenvalue weighted by Crippen LogP contribution is -1.87. The van der Waals surface area contributed by atoms with Crippen molar-refractivity contribution in [3.8, 4) is 0 Å². The summed E-state index contributed by atoms with van der Waals surface area (Å²) in [6.45, 7) is 0. The lowest BCUT2D eigenvalue weighted by Gasteiger charge is -1.94. The first-order valence-corrected chi connectivity index (χ1v) is 3.66. The van der Waals surface area contributed by atoms with Crippen molar-refractivity contribution in [1.82, 2.24) is 0 Å². The summed E-state index contributed by atoms with van der Waals surface area (Å²) >= 11 is 7.93. The van der Waals surface area contributed by atoms with Gasteiger partial charge in [0.2, 0.25) is 0 Å². The molecule has 0 heterocycles. The molecule has 0 aliphatic carbocycles. The van der Waals surface area contributed by atoms with Crippen LogP contribution in [0, 0.1) is 10.1 Å². The highest BCUT2D eigenvalue weighted by molar-refractivity contribution is 7.81. The summed E-state index contributed by atoms with van der Waals surface area (Å²) in [4.78, 5) is 10.9. The summed E-state index contributed by atoms with van der Waals surface area (Å²) in [6.07, 6.45) is 0. The van der Waals surface area contributed by atoms with E-state index in [0.29, 0.717) is 9.79 Å². The van der Waals surface area contributed by atoms with Crippen LogP contribution in [0.4, 0.5) is 5.69 Å². The molecule has 0 unspecified atom stereocenters. The number of thiol groups is 2. The van der Waals surface area contributed by atoms with E-state index in [9.17, 15) is 10.1 Å². The fourth-order valence-electron chi connectivity index (χ4n) is 0.685. The topological polar surface area (TPSA) is 43.1 Å². The van der Waals surface area contributed by atoms with Gasteiger partial charge < -0.3 is 0 Å². The monoisotopic (exact) mass is 187 g/mol. The lowest BCUT2D eigenvalue weighted by atomic mass is 10.3. The van der Waals surface area contributed by atoms with E-state index in [0.717, 1.165) is 0 Å². The van der Waals surface area contributed by atoms with Crippen LogP contribution in [0.5, 0.6) is 0 Å². The van der Waals surface area contributed by atoms with Crippen LogP contribution in [-0.2, 0) is 0 Å². The molecular formula is C6H5NO2S2. The quantitative estimate of drug-likeness (QED) is 0.402. The second-order valence-corrected chi connectivity index (χ2v) is 3.00. The van der Waals surface area contributed by atoms with E-state index >= 15 is 0 Å². The zero-order chi connectivity index (χ0) is 8.43. The van der Waals surface area contributed by atoms with Gasteiger partial charge in [0, 0.05) is 21.9 Å². The van der Waals surface area contributed by atoms with Crippen molar-refractivity contribution in [2.75, 3.05) is 0 Å². The molecule has 0 radical (unpaired) electrons. The molecule has 0 aliphatic rings. The van der Waals surface area contributed by atoms with Crippen LogP contribution in [0.2, 0.25) is 0 Å². The van der Waals surface area contributed by atoms with Gasteiger partial charge >= 0.3 is 0 Å². The van der Waals surface area contributed by atoms with Crippen molar-refractivity contribution < 1.29 is 4.92 Å². The molecule has 0 aliphatic heterocycles. The third-order valence-corrected chi connectivity index (χ3v) is 1.61. The highest BCUT2D eigenvalue weighted by atomic mass is 32.1. The van der Waals surface area contributed by atoms with Gasteiger partial charge in [-0.1, -0.05) is 0 Å². The van der Waals surface area contributed by atoms with Crippen LogP contribution in [0.1, 0.15) is 0 Å². The van der Waals surface area contributed by atoms with Crippen molar-refractivity contribution in [1.29, 1.82) is 0 Å². The number of hydrogen-bond acceptors (Lipinski definition) is 4. The highest BCUT2D eigenvalue weighted by Gasteiger charge is 2.05. The minimum absolute atomic E-state index is 0.0162. The molecule has 1 aromatic carbocycles. The van der Waals surface area contributed by atoms with E-state index < -0.39 is 4.92 Å². The summed E-state index contributed by atoms with van der Waals surface area (Å²) in [5.41, 5.74) is 0.0162. The van der Waals surface area contributed by atoms with Gasteiger partial charge in [0.05, 0.1) is 4.92 Å². The van der Waals surface area contributed by atoms with Crippen LogP contribution in [0.3, 0.4) is 0 Å². The zero-order valence-electron chi connectivity index (χ0n) is 5.39. The van der Waals surface area contributed by atoms with Gasteiger partial charge in [0.1, 0.15) is 0 Å². The Kier molecular flexibility index (Phi) is 2.41. The molecule has 0 N–H and O–H groups in total. The Hall–Kier alpha value is -0.680. The van der Waals surface area contributed by atoms with E-state index in [1.54, 1.807) is 6.07 Å². The fourth-order valence-corrected chi connectivity index (χ4v) is 1.33. The standard InChI is InChI=1S/C6H5NO2S2/c8-7(9)4-1-5(10)3-6(11)2-4/h1-3,10-11H. The molecule has 0 bridgehead atoms. The molecule has 0 fully saturated rings. The number of hydrogen-bond donors (Lipinski definition) is 2. The van der Waals surface area contributed by atoms with Crippen LogP contribution in [-0.4, -0.2) is 4.92 Å². The Labute approximate surface area is 74.4 Å². The maximum atomic E-state index is 10.2. The molecule has 1 aromatic rings. The van der Waals surface area contributed by atoms with Crippen LogP contribution < -0.4 is 0 Å². The van der Waals surface area contributed by atoms with Crippen LogP contribution in [0.25, 0.3) is 0 Å². The average molecular weight is 187 g/mol. The first-order valence-electron chi connectivity index (χ1n) is 2.77. The van der Waals surface area contributed by atoms with Crippen molar-refractivity contribution in [3.05, 3.63) is 28.3 Å². The summed E-state index contributed by atoms with van der Waals surface area (Å²) in [7, 11) is 0. The number of benzene rings is 1. The molecule has 0 saturated carbocycles. The van der Waals surface area contributed by atoms with E-state index in [2.05, 4.69) is 25.3 Å². The van der Waals surface area contributed by atoms with Crippen molar-refractivity contribution in [3.63, 3.8) is 0 Å². The maximum absolute atomic E-state index is 10.2. The van der Waals surface area contributed by atoms with E-state index in [1.165, 1.54) is 12.1 Å². The average Bonchev–Trinajstić information content (AvgIpc) is 1.85. The molecule has 0 atom stereocenters. The maximum Gasteiger partial charge on any atom is 0.271 e. The third kappa shape index (κ3) is 2.13. The summed E-state index contributed by atoms with van der Waals surface area (Å²) in [5.74, 6) is 0. The summed E-state index contributed by atoms with van der Waals surface area (Å²) in [5, 5.41) is 10.2. The molecule has 3 nitrogen and oxygen atoms in total. The molecule has 5 heteroatoms. The molecular weight excluding hydrogens is 182 g/mol. The molecule has 58 valence electrons. The molecule has 0 amide bonds. The molecule has 1 rings (SSSR count). The van der Waals surface area contributed by atoms with Gasteiger partial charge in [-0.25, -0.2) is 0 Å². The predicted molar refractivity (Wildman–Crippen MR) is 47.6 cm³/mol. The van der Waals surface area contributed by atoms with Gasteiger partial charge in [-0.15, -0.1) is 25.3 Å². The molecule has 0 aromatic heterocycles. The number of nitro benzene ring substituents is 1. The van der Waals surface area contributed by atoms with Crippen LogP contribution in [0.15, 0.2) is 28.0 Å². The van der Waals surface area contributed by atoms with Gasteiger partial charge in [-0.3, -0.25) is 10.1 Å². The van der Waals surface area contributed by atoms with Crippen molar-refractivity contribution in [2.45, 2.75) is 9.79 Å². The first-order chi connectivity index (χ1) is 5.09. The second kappa shape index (κ2) is 3.15. The van der Waals surface area contributed by atoms with Crippen molar-refractivity contribution >= 4 is 30.9 Å². The van der Waals surface area contributed by atoms with Crippen molar-refractivity contribution in [2.24, 2.45) is 0 Å². The Bertz CT molecular complexity index is 280. The van der Waals surface area contributed by atoms with Gasteiger partial charge in [0.15, 0.2) is 0 Å². The predicted octanol–water partition coefficient (Wildman–Crippen LogP) is 2.17. The van der Waals surface area contributed by atoms with E-state index in [1.807, 2.05) is 0 Å². The smallest absolute Gasteiger partial charge is 0.258 e. The minimum Gasteiger partial charge on any atom is -0.258 e. The first kappa shape index (κ1) is 8.42. The van der Waals surface area contributed by atoms with Gasteiger partial charge in [0.25, 0.3) is 5.69 Å². The number of non-ortho nitro benzene ring substituents is 1.